The third-order valence-electron chi connectivity index (χ3n) is 2.25. The van der Waals surface area contributed by atoms with Crippen molar-refractivity contribution in [2.45, 2.75) is 4.90 Å². The highest BCUT2D eigenvalue weighted by atomic mass is 32.2. The molecule has 0 aromatic heterocycles. The van der Waals surface area contributed by atoms with Crippen LogP contribution in [0.25, 0.3) is 11.1 Å². The van der Waals surface area contributed by atoms with Crippen molar-refractivity contribution in [3.8, 4) is 11.1 Å². The maximum Gasteiger partial charge on any atom is 0.123 e. The summed E-state index contributed by atoms with van der Waals surface area (Å²) in [5.74, 6) is -0.206. The highest BCUT2D eigenvalue weighted by Gasteiger charge is 2.04. The number of nitrogens with one attached hydrogen (secondary N) is 1. The Morgan fingerprint density at radius 1 is 1.00 bits per heavy atom. The molecule has 3 heteroatoms. The summed E-state index contributed by atoms with van der Waals surface area (Å²) in [5.41, 5.74) is 2.14. The fourth-order valence-electron chi connectivity index (χ4n) is 1.53. The second-order valence-corrected chi connectivity index (χ2v) is 4.36. The molecule has 0 aliphatic heterocycles. The first kappa shape index (κ1) is 11.2. The molecule has 0 heterocycles. The molecule has 0 bridgehead atoms. The van der Waals surface area contributed by atoms with Crippen LogP contribution in [0.15, 0.2) is 53.4 Å². The predicted octanol–water partition coefficient (Wildman–Crippen LogP) is 3.72. The van der Waals surface area contributed by atoms with Gasteiger partial charge in [-0.2, -0.15) is 0 Å². The Hall–Kier alpha value is -1.32. The molecule has 0 radical (unpaired) electrons. The van der Waals surface area contributed by atoms with Gasteiger partial charge in [0, 0.05) is 4.90 Å². The summed E-state index contributed by atoms with van der Waals surface area (Å²) in [6.07, 6.45) is 0. The van der Waals surface area contributed by atoms with Crippen LogP contribution >= 0.6 is 11.9 Å². The van der Waals surface area contributed by atoms with E-state index in [-0.39, 0.29) is 5.82 Å². The van der Waals surface area contributed by atoms with Gasteiger partial charge in [-0.25, -0.2) is 4.39 Å². The van der Waals surface area contributed by atoms with Gasteiger partial charge in [0.2, 0.25) is 0 Å². The van der Waals surface area contributed by atoms with Crippen LogP contribution in [0.5, 0.6) is 0 Å². The third-order valence-corrected chi connectivity index (χ3v) is 3.03. The molecule has 1 nitrogen and oxygen atoms in total. The van der Waals surface area contributed by atoms with Gasteiger partial charge in [0.15, 0.2) is 0 Å². The van der Waals surface area contributed by atoms with Gasteiger partial charge in [-0.05, 0) is 48.3 Å². The minimum absolute atomic E-state index is 0.206. The number of hydrogen-bond donors (Lipinski definition) is 1. The molecular formula is C13H12FNS. The van der Waals surface area contributed by atoms with Crippen LogP contribution in [0.1, 0.15) is 0 Å². The molecule has 0 atom stereocenters. The summed E-state index contributed by atoms with van der Waals surface area (Å²) in [5, 5.41) is 0. The SMILES string of the molecule is CNSc1ccccc1-c1ccc(F)cc1. The fraction of sp³-hybridized carbons (Fsp3) is 0.0769. The van der Waals surface area contributed by atoms with Gasteiger partial charge < -0.3 is 0 Å². The Balaban J connectivity index is 2.42. The summed E-state index contributed by atoms with van der Waals surface area (Å²) < 4.78 is 15.9. The molecule has 2 aromatic carbocycles. The van der Waals surface area contributed by atoms with E-state index in [4.69, 9.17) is 0 Å². The highest BCUT2D eigenvalue weighted by molar-refractivity contribution is 7.97. The Morgan fingerprint density at radius 2 is 1.69 bits per heavy atom. The maximum absolute atomic E-state index is 12.8. The molecule has 2 aromatic rings. The summed E-state index contributed by atoms with van der Waals surface area (Å²) in [4.78, 5) is 1.14. The van der Waals surface area contributed by atoms with Gasteiger partial charge in [0.25, 0.3) is 0 Å². The molecule has 16 heavy (non-hydrogen) atoms. The van der Waals surface area contributed by atoms with Crippen molar-refractivity contribution in [3.63, 3.8) is 0 Å². The van der Waals surface area contributed by atoms with Gasteiger partial charge in [-0.15, -0.1) is 0 Å². The van der Waals surface area contributed by atoms with Crippen LogP contribution in [0, 0.1) is 5.82 Å². The quantitative estimate of drug-likeness (QED) is 0.811. The van der Waals surface area contributed by atoms with Crippen LogP contribution in [0.4, 0.5) is 4.39 Å². The van der Waals surface area contributed by atoms with Crippen LogP contribution in [0.3, 0.4) is 0 Å². The van der Waals surface area contributed by atoms with Crippen LogP contribution in [0.2, 0.25) is 0 Å². The van der Waals surface area contributed by atoms with E-state index in [2.05, 4.69) is 4.72 Å². The molecule has 82 valence electrons. The van der Waals surface area contributed by atoms with Crippen LogP contribution in [-0.2, 0) is 0 Å². The zero-order valence-electron chi connectivity index (χ0n) is 8.91. The van der Waals surface area contributed by atoms with Crippen molar-refractivity contribution in [3.05, 3.63) is 54.3 Å². The van der Waals surface area contributed by atoms with Gasteiger partial charge in [-0.3, -0.25) is 4.72 Å². The van der Waals surface area contributed by atoms with Crippen molar-refractivity contribution in [2.24, 2.45) is 0 Å². The number of rotatable bonds is 3. The van der Waals surface area contributed by atoms with Crippen molar-refractivity contribution in [1.29, 1.82) is 0 Å². The average Bonchev–Trinajstić information content (AvgIpc) is 2.32. The minimum Gasteiger partial charge on any atom is -0.263 e. The first-order valence-electron chi connectivity index (χ1n) is 5.00. The Bertz CT molecular complexity index is 468. The van der Waals surface area contributed by atoms with E-state index in [9.17, 15) is 4.39 Å². The molecule has 0 aliphatic carbocycles. The molecule has 0 amide bonds. The molecule has 0 aliphatic rings. The third kappa shape index (κ3) is 2.43. The van der Waals surface area contributed by atoms with Gasteiger partial charge in [-0.1, -0.05) is 30.3 Å². The van der Waals surface area contributed by atoms with E-state index in [1.165, 1.54) is 12.1 Å². The van der Waals surface area contributed by atoms with Gasteiger partial charge in [0.05, 0.1) is 0 Å². The highest BCUT2D eigenvalue weighted by Crippen LogP contribution is 2.29. The van der Waals surface area contributed by atoms with E-state index in [0.29, 0.717) is 0 Å². The molecule has 0 spiro atoms. The Kier molecular flexibility index (Phi) is 3.59. The lowest BCUT2D eigenvalue weighted by Gasteiger charge is -2.08. The monoisotopic (exact) mass is 233 g/mol. The van der Waals surface area contributed by atoms with Crippen molar-refractivity contribution in [2.75, 3.05) is 7.05 Å². The lowest BCUT2D eigenvalue weighted by molar-refractivity contribution is 0.628. The van der Waals surface area contributed by atoms with E-state index in [1.54, 1.807) is 24.1 Å². The largest absolute Gasteiger partial charge is 0.263 e. The van der Waals surface area contributed by atoms with Crippen LogP contribution in [-0.4, -0.2) is 7.05 Å². The molecule has 0 unspecified atom stereocenters. The average molecular weight is 233 g/mol. The molecule has 1 N–H and O–H groups in total. The summed E-state index contributed by atoms with van der Waals surface area (Å²) in [7, 11) is 1.88. The van der Waals surface area contributed by atoms with E-state index >= 15 is 0 Å². The van der Waals surface area contributed by atoms with E-state index in [1.807, 2.05) is 31.3 Å². The summed E-state index contributed by atoms with van der Waals surface area (Å²) in [6, 6.07) is 14.6. The van der Waals surface area contributed by atoms with Crippen molar-refractivity contribution >= 4 is 11.9 Å². The maximum atomic E-state index is 12.8. The number of halogens is 1. The minimum atomic E-state index is -0.206. The van der Waals surface area contributed by atoms with Crippen LogP contribution < -0.4 is 4.72 Å². The van der Waals surface area contributed by atoms with Gasteiger partial charge in [0.1, 0.15) is 5.82 Å². The first-order valence-corrected chi connectivity index (χ1v) is 5.81. The molecule has 0 saturated heterocycles. The second kappa shape index (κ2) is 5.14. The normalized spacial score (nSPS) is 10.4. The lowest BCUT2D eigenvalue weighted by atomic mass is 10.1. The Labute approximate surface area is 98.8 Å². The second-order valence-electron chi connectivity index (χ2n) is 3.31. The molecular weight excluding hydrogens is 221 g/mol. The molecule has 0 fully saturated rings. The number of benzene rings is 2. The lowest BCUT2D eigenvalue weighted by Crippen LogP contribution is -1.92. The zero-order valence-corrected chi connectivity index (χ0v) is 9.72. The zero-order chi connectivity index (χ0) is 11.4. The smallest absolute Gasteiger partial charge is 0.123 e. The first-order chi connectivity index (χ1) is 7.81. The molecule has 0 saturated carbocycles. The summed E-state index contributed by atoms with van der Waals surface area (Å²) in [6.45, 7) is 0. The standard InChI is InChI=1S/C13H12FNS/c1-15-16-13-5-3-2-4-12(13)10-6-8-11(14)9-7-10/h2-9,15H,1H3. The molecule has 2 rings (SSSR count). The summed E-state index contributed by atoms with van der Waals surface area (Å²) >= 11 is 1.56. The topological polar surface area (TPSA) is 12.0 Å². The fourth-order valence-corrected chi connectivity index (χ4v) is 2.20. The predicted molar refractivity (Wildman–Crippen MR) is 66.8 cm³/mol. The van der Waals surface area contributed by atoms with E-state index in [0.717, 1.165) is 16.0 Å². The number of hydrogen-bond acceptors (Lipinski definition) is 2. The Morgan fingerprint density at radius 3 is 2.38 bits per heavy atom. The van der Waals surface area contributed by atoms with E-state index < -0.39 is 0 Å². The van der Waals surface area contributed by atoms with Gasteiger partial charge >= 0.3 is 0 Å². The van der Waals surface area contributed by atoms with Crippen molar-refractivity contribution in [1.82, 2.24) is 4.72 Å². The van der Waals surface area contributed by atoms with Crippen molar-refractivity contribution < 1.29 is 4.39 Å².